The molecule has 1 atom stereocenters. The number of benzene rings is 6. The van der Waals surface area contributed by atoms with E-state index in [0.29, 0.717) is 0 Å². The van der Waals surface area contributed by atoms with Crippen LogP contribution in [0, 0.1) is 0 Å². The van der Waals surface area contributed by atoms with Crippen molar-refractivity contribution in [1.29, 1.82) is 0 Å². The van der Waals surface area contributed by atoms with Crippen LogP contribution < -0.4 is 5.32 Å². The molecule has 0 aliphatic carbocycles. The Bertz CT molecular complexity index is 2420. The SMILES string of the molecule is C1=C(c2ccc3c(c2)sc2cc(-c4cccc5oc6ccccc6c45)ccc23)NC(c2ccccc2)N=C1c1ccccc1. The van der Waals surface area contributed by atoms with Gasteiger partial charge in [0.1, 0.15) is 17.3 Å². The summed E-state index contributed by atoms with van der Waals surface area (Å²) in [6, 6.07) is 49.2. The molecule has 2 aromatic heterocycles. The zero-order valence-corrected chi connectivity index (χ0v) is 24.5. The molecule has 0 fully saturated rings. The topological polar surface area (TPSA) is 37.5 Å². The number of allylic oxidation sites excluding steroid dienone is 1. The lowest BCUT2D eigenvalue weighted by atomic mass is 9.98. The maximum absolute atomic E-state index is 6.18. The average molecular weight is 583 g/mol. The van der Waals surface area contributed by atoms with E-state index in [4.69, 9.17) is 9.41 Å². The molecule has 208 valence electrons. The predicted molar refractivity (Wildman–Crippen MR) is 185 cm³/mol. The van der Waals surface area contributed by atoms with Gasteiger partial charge in [-0.3, -0.25) is 4.99 Å². The van der Waals surface area contributed by atoms with Crippen LogP contribution in [-0.2, 0) is 0 Å². The van der Waals surface area contributed by atoms with Crippen LogP contribution in [0.4, 0.5) is 0 Å². The summed E-state index contributed by atoms with van der Waals surface area (Å²) in [6.45, 7) is 0. The molecule has 3 heterocycles. The number of aliphatic imine (C=N–C) groups is 1. The van der Waals surface area contributed by atoms with Crippen molar-refractivity contribution in [2.45, 2.75) is 6.17 Å². The average Bonchev–Trinajstić information content (AvgIpc) is 3.66. The quantitative estimate of drug-likeness (QED) is 0.224. The molecule has 4 heteroatoms. The second-order valence-corrected chi connectivity index (χ2v) is 12.3. The smallest absolute Gasteiger partial charge is 0.145 e. The molecule has 0 radical (unpaired) electrons. The van der Waals surface area contributed by atoms with Crippen molar-refractivity contribution >= 4 is 64.9 Å². The maximum atomic E-state index is 6.18. The first kappa shape index (κ1) is 25.1. The van der Waals surface area contributed by atoms with E-state index in [1.165, 1.54) is 36.7 Å². The molecule has 0 bridgehead atoms. The van der Waals surface area contributed by atoms with Gasteiger partial charge in [-0.05, 0) is 58.2 Å². The maximum Gasteiger partial charge on any atom is 0.145 e. The molecule has 9 rings (SSSR count). The van der Waals surface area contributed by atoms with Crippen molar-refractivity contribution in [3.8, 4) is 11.1 Å². The fraction of sp³-hybridized carbons (Fsp3) is 0.0250. The highest BCUT2D eigenvalue weighted by molar-refractivity contribution is 7.25. The van der Waals surface area contributed by atoms with Gasteiger partial charge in [-0.1, -0.05) is 115 Å². The van der Waals surface area contributed by atoms with Crippen molar-refractivity contribution < 1.29 is 4.42 Å². The summed E-state index contributed by atoms with van der Waals surface area (Å²) in [5, 5.41) is 8.60. The number of para-hydroxylation sites is 1. The number of rotatable bonds is 4. The molecule has 1 unspecified atom stereocenters. The zero-order chi connectivity index (χ0) is 29.0. The van der Waals surface area contributed by atoms with Gasteiger partial charge in [-0.2, -0.15) is 0 Å². The fourth-order valence-electron chi connectivity index (χ4n) is 6.39. The number of thiophene rings is 1. The summed E-state index contributed by atoms with van der Waals surface area (Å²) in [5.74, 6) is 0. The Kier molecular flexibility index (Phi) is 5.75. The van der Waals surface area contributed by atoms with Crippen molar-refractivity contribution in [2.75, 3.05) is 0 Å². The first-order valence-corrected chi connectivity index (χ1v) is 15.6. The van der Waals surface area contributed by atoms with E-state index in [1.807, 2.05) is 35.6 Å². The van der Waals surface area contributed by atoms with Crippen LogP contribution in [0.5, 0.6) is 0 Å². The molecule has 3 nitrogen and oxygen atoms in total. The summed E-state index contributed by atoms with van der Waals surface area (Å²) < 4.78 is 8.72. The highest BCUT2D eigenvalue weighted by Gasteiger charge is 2.20. The molecule has 0 saturated heterocycles. The number of nitrogens with one attached hydrogen (secondary N) is 1. The number of furan rings is 1. The second kappa shape index (κ2) is 10.1. The van der Waals surface area contributed by atoms with Crippen LogP contribution in [0.1, 0.15) is 22.9 Å². The van der Waals surface area contributed by atoms with Crippen molar-refractivity contribution in [2.24, 2.45) is 4.99 Å². The molecular formula is C40H26N2OS. The molecule has 0 saturated carbocycles. The number of nitrogens with zero attached hydrogens (tertiary/aromatic N) is 1. The Labute approximate surface area is 258 Å². The van der Waals surface area contributed by atoms with Crippen LogP contribution >= 0.6 is 11.3 Å². The molecule has 0 spiro atoms. The van der Waals surface area contributed by atoms with Crippen molar-refractivity contribution in [1.82, 2.24) is 5.32 Å². The minimum absolute atomic E-state index is 0.159. The third kappa shape index (κ3) is 4.15. The van der Waals surface area contributed by atoms with Crippen LogP contribution in [0.3, 0.4) is 0 Å². The number of hydrogen-bond acceptors (Lipinski definition) is 4. The zero-order valence-electron chi connectivity index (χ0n) is 23.7. The van der Waals surface area contributed by atoms with E-state index in [0.717, 1.165) is 44.7 Å². The van der Waals surface area contributed by atoms with Crippen LogP contribution in [-0.4, -0.2) is 5.71 Å². The summed E-state index contributed by atoms with van der Waals surface area (Å²) in [6.07, 6.45) is 2.02. The monoisotopic (exact) mass is 582 g/mol. The Balaban J connectivity index is 1.14. The summed E-state index contributed by atoms with van der Waals surface area (Å²) in [4.78, 5) is 5.10. The number of fused-ring (bicyclic) bond motifs is 6. The van der Waals surface area contributed by atoms with Gasteiger partial charge in [0.05, 0.1) is 5.71 Å². The van der Waals surface area contributed by atoms with Crippen molar-refractivity contribution in [3.63, 3.8) is 0 Å². The predicted octanol–water partition coefficient (Wildman–Crippen LogP) is 10.8. The molecule has 6 aromatic carbocycles. The van der Waals surface area contributed by atoms with E-state index in [-0.39, 0.29) is 6.17 Å². The first-order chi connectivity index (χ1) is 21.8. The highest BCUT2D eigenvalue weighted by atomic mass is 32.1. The van der Waals surface area contributed by atoms with E-state index in [1.54, 1.807) is 0 Å². The Hall–Kier alpha value is -5.45. The third-order valence-corrected chi connectivity index (χ3v) is 9.64. The number of hydrogen-bond donors (Lipinski definition) is 1. The molecule has 1 aliphatic rings. The second-order valence-electron chi connectivity index (χ2n) is 11.2. The summed E-state index contributed by atoms with van der Waals surface area (Å²) in [5.41, 5.74) is 9.71. The Morgan fingerprint density at radius 1 is 0.568 bits per heavy atom. The van der Waals surface area contributed by atoms with Gasteiger partial charge >= 0.3 is 0 Å². The van der Waals surface area contributed by atoms with Crippen LogP contribution in [0.2, 0.25) is 0 Å². The molecule has 8 aromatic rings. The minimum Gasteiger partial charge on any atom is -0.456 e. The van der Waals surface area contributed by atoms with Gasteiger partial charge in [0, 0.05) is 36.6 Å². The Morgan fingerprint density at radius 3 is 2.07 bits per heavy atom. The Morgan fingerprint density at radius 2 is 1.25 bits per heavy atom. The summed E-state index contributed by atoms with van der Waals surface area (Å²) in [7, 11) is 0. The van der Waals surface area contributed by atoms with Gasteiger partial charge in [0.25, 0.3) is 0 Å². The molecule has 1 N–H and O–H groups in total. The van der Waals surface area contributed by atoms with Gasteiger partial charge < -0.3 is 9.73 Å². The standard InChI is InChI=1S/C40H26N2OS/c1-3-10-25(11-4-1)33-24-34(42-40(41-33)26-12-5-2-6-13-26)28-19-21-31-30-20-18-27(22-37(30)44-38(31)23-28)29-15-9-17-36-39(29)32-14-7-8-16-35(32)43-36/h1-24,40,42H. The van der Waals surface area contributed by atoms with Crippen molar-refractivity contribution in [3.05, 3.63) is 162 Å². The van der Waals surface area contributed by atoms with Gasteiger partial charge in [0.2, 0.25) is 0 Å². The van der Waals surface area contributed by atoms with E-state index in [2.05, 4.69) is 127 Å². The third-order valence-electron chi connectivity index (χ3n) is 8.52. The lowest BCUT2D eigenvalue weighted by Crippen LogP contribution is -2.24. The lowest BCUT2D eigenvalue weighted by molar-refractivity contribution is 0.664. The highest BCUT2D eigenvalue weighted by Crippen LogP contribution is 2.41. The van der Waals surface area contributed by atoms with E-state index < -0.39 is 0 Å². The van der Waals surface area contributed by atoms with E-state index >= 15 is 0 Å². The minimum atomic E-state index is -0.159. The molecule has 0 amide bonds. The van der Waals surface area contributed by atoms with Gasteiger partial charge in [-0.15, -0.1) is 11.3 Å². The largest absolute Gasteiger partial charge is 0.456 e. The summed E-state index contributed by atoms with van der Waals surface area (Å²) >= 11 is 1.85. The molecular weight excluding hydrogens is 557 g/mol. The van der Waals surface area contributed by atoms with Crippen LogP contribution in [0.15, 0.2) is 155 Å². The first-order valence-electron chi connectivity index (χ1n) is 14.8. The van der Waals surface area contributed by atoms with Gasteiger partial charge in [-0.25, -0.2) is 0 Å². The molecule has 1 aliphatic heterocycles. The normalized spacial score (nSPS) is 15.0. The fourth-order valence-corrected chi connectivity index (χ4v) is 7.57. The van der Waals surface area contributed by atoms with E-state index in [9.17, 15) is 0 Å². The lowest BCUT2D eigenvalue weighted by Gasteiger charge is -2.25. The van der Waals surface area contributed by atoms with Crippen LogP contribution in [0.25, 0.3) is 58.9 Å². The molecule has 44 heavy (non-hydrogen) atoms. The van der Waals surface area contributed by atoms with Gasteiger partial charge in [0.15, 0.2) is 0 Å².